The summed E-state index contributed by atoms with van der Waals surface area (Å²) in [6.07, 6.45) is 3.84. The topological polar surface area (TPSA) is 39.2 Å². The smallest absolute Gasteiger partial charge is 0.312 e. The fraction of sp³-hybridized carbons (Fsp3) is 0.692. The molecule has 1 aliphatic carbocycles. The van der Waals surface area contributed by atoms with Gasteiger partial charge in [-0.25, -0.2) is 4.98 Å². The molecule has 0 aromatic carbocycles. The van der Waals surface area contributed by atoms with Crippen LogP contribution in [0.2, 0.25) is 0 Å². The fourth-order valence-electron chi connectivity index (χ4n) is 2.32. The fourth-order valence-corrected chi connectivity index (χ4v) is 3.60. The van der Waals surface area contributed by atoms with E-state index in [4.69, 9.17) is 4.74 Å². The first-order valence-electron chi connectivity index (χ1n) is 6.17. The van der Waals surface area contributed by atoms with Crippen molar-refractivity contribution < 1.29 is 9.53 Å². The molecule has 0 atom stereocenters. The lowest BCUT2D eigenvalue weighted by Crippen LogP contribution is -2.23. The zero-order chi connectivity index (χ0) is 12.5. The van der Waals surface area contributed by atoms with Gasteiger partial charge in [0.15, 0.2) is 0 Å². The first-order valence-corrected chi connectivity index (χ1v) is 6.99. The number of hydrogen-bond donors (Lipinski definition) is 0. The van der Waals surface area contributed by atoms with Crippen molar-refractivity contribution in [3.8, 4) is 0 Å². The molecular weight excluding hydrogens is 234 g/mol. The van der Waals surface area contributed by atoms with E-state index in [2.05, 4.69) is 18.8 Å². The van der Waals surface area contributed by atoms with Crippen LogP contribution in [0.5, 0.6) is 0 Å². The van der Waals surface area contributed by atoms with Crippen LogP contribution in [0, 0.1) is 0 Å². The Hall–Kier alpha value is -0.900. The minimum absolute atomic E-state index is 0.164. The van der Waals surface area contributed by atoms with E-state index in [-0.39, 0.29) is 11.4 Å². The number of nitrogens with zero attached hydrogens (tertiary/aromatic N) is 1. The molecule has 0 N–H and O–H groups in total. The molecule has 1 heterocycles. The molecule has 0 fully saturated rings. The van der Waals surface area contributed by atoms with Crippen LogP contribution in [0.3, 0.4) is 0 Å². The van der Waals surface area contributed by atoms with E-state index < -0.39 is 0 Å². The van der Waals surface area contributed by atoms with Gasteiger partial charge in [-0.3, -0.25) is 4.79 Å². The summed E-state index contributed by atoms with van der Waals surface area (Å²) in [7, 11) is 0. The molecule has 0 saturated heterocycles. The van der Waals surface area contributed by atoms with Crippen molar-refractivity contribution >= 4 is 17.3 Å². The second-order valence-corrected chi connectivity index (χ2v) is 6.27. The number of fused-ring (bicyclic) bond motifs is 1. The lowest BCUT2D eigenvalue weighted by atomic mass is 9.79. The van der Waals surface area contributed by atoms with Gasteiger partial charge in [-0.15, -0.1) is 11.3 Å². The molecule has 1 aliphatic rings. The maximum atomic E-state index is 11.4. The number of carbonyl (C=O) groups excluding carboxylic acids is 1. The second-order valence-electron chi connectivity index (χ2n) is 5.10. The third kappa shape index (κ3) is 2.68. The van der Waals surface area contributed by atoms with Gasteiger partial charge in [0.25, 0.3) is 0 Å². The second kappa shape index (κ2) is 4.77. The molecule has 4 heteroatoms. The van der Waals surface area contributed by atoms with Crippen molar-refractivity contribution in [3.05, 3.63) is 15.6 Å². The number of carbonyl (C=O) groups is 1. The molecule has 1 aromatic heterocycles. The third-order valence-electron chi connectivity index (χ3n) is 3.19. The minimum Gasteiger partial charge on any atom is -0.466 e. The molecule has 0 radical (unpaired) electrons. The summed E-state index contributed by atoms with van der Waals surface area (Å²) in [6.45, 7) is 6.74. The highest BCUT2D eigenvalue weighted by atomic mass is 32.1. The summed E-state index contributed by atoms with van der Waals surface area (Å²) in [5.74, 6) is -0.170. The van der Waals surface area contributed by atoms with Crippen LogP contribution in [0.15, 0.2) is 0 Å². The van der Waals surface area contributed by atoms with E-state index in [1.165, 1.54) is 23.4 Å². The highest BCUT2D eigenvalue weighted by Gasteiger charge is 2.31. The van der Waals surface area contributed by atoms with Crippen molar-refractivity contribution in [2.75, 3.05) is 6.61 Å². The standard InChI is InChI=1S/C13H19NO2S/c1-4-16-11(15)8-10-14-12-9(17-10)6-5-7-13(12,2)3/h4-8H2,1-3H3. The Bertz CT molecular complexity index is 423. The molecule has 94 valence electrons. The van der Waals surface area contributed by atoms with Crippen LogP contribution in [-0.4, -0.2) is 17.6 Å². The van der Waals surface area contributed by atoms with E-state index in [1.807, 2.05) is 6.92 Å². The summed E-state index contributed by atoms with van der Waals surface area (Å²) in [6, 6.07) is 0. The predicted molar refractivity (Wildman–Crippen MR) is 68.4 cm³/mol. The summed E-state index contributed by atoms with van der Waals surface area (Å²) in [5.41, 5.74) is 1.37. The molecule has 0 aliphatic heterocycles. The van der Waals surface area contributed by atoms with E-state index in [0.29, 0.717) is 13.0 Å². The summed E-state index contributed by atoms with van der Waals surface area (Å²) in [5, 5.41) is 0.906. The number of rotatable bonds is 3. The summed E-state index contributed by atoms with van der Waals surface area (Å²) >= 11 is 1.68. The first-order chi connectivity index (χ1) is 8.03. The Morgan fingerprint density at radius 1 is 1.53 bits per heavy atom. The summed E-state index contributed by atoms with van der Waals surface area (Å²) in [4.78, 5) is 17.4. The Labute approximate surface area is 106 Å². The molecule has 3 nitrogen and oxygen atoms in total. The molecule has 0 spiro atoms. The van der Waals surface area contributed by atoms with Gasteiger partial charge >= 0.3 is 5.97 Å². The Balaban J connectivity index is 2.17. The van der Waals surface area contributed by atoms with Gasteiger partial charge in [0.1, 0.15) is 5.01 Å². The highest BCUT2D eigenvalue weighted by Crippen LogP contribution is 2.38. The van der Waals surface area contributed by atoms with Gasteiger partial charge in [-0.1, -0.05) is 13.8 Å². The molecule has 0 amide bonds. The largest absolute Gasteiger partial charge is 0.466 e. The summed E-state index contributed by atoms with van der Waals surface area (Å²) < 4.78 is 4.96. The number of aromatic nitrogens is 1. The molecule has 2 rings (SSSR count). The number of esters is 1. The van der Waals surface area contributed by atoms with Crippen molar-refractivity contribution in [1.82, 2.24) is 4.98 Å². The number of ether oxygens (including phenoxy) is 1. The zero-order valence-corrected chi connectivity index (χ0v) is 11.5. The third-order valence-corrected chi connectivity index (χ3v) is 4.30. The molecule has 0 bridgehead atoms. The lowest BCUT2D eigenvalue weighted by Gasteiger charge is -2.28. The van der Waals surface area contributed by atoms with E-state index in [0.717, 1.165) is 11.4 Å². The Kier molecular flexibility index (Phi) is 3.52. The Morgan fingerprint density at radius 2 is 2.29 bits per heavy atom. The van der Waals surface area contributed by atoms with Crippen LogP contribution < -0.4 is 0 Å². The van der Waals surface area contributed by atoms with Crippen LogP contribution in [0.4, 0.5) is 0 Å². The van der Waals surface area contributed by atoms with Gasteiger partial charge in [-0.05, 0) is 26.2 Å². The van der Waals surface area contributed by atoms with Gasteiger partial charge in [-0.2, -0.15) is 0 Å². The predicted octanol–water partition coefficient (Wildman–Crippen LogP) is 2.86. The Morgan fingerprint density at radius 3 is 2.94 bits per heavy atom. The number of aryl methyl sites for hydroxylation is 1. The lowest BCUT2D eigenvalue weighted by molar-refractivity contribution is -0.142. The number of thiazole rings is 1. The van der Waals surface area contributed by atoms with Crippen LogP contribution in [-0.2, 0) is 27.8 Å². The molecule has 0 unspecified atom stereocenters. The maximum absolute atomic E-state index is 11.4. The minimum atomic E-state index is -0.170. The SMILES string of the molecule is CCOC(=O)Cc1nc2c(s1)CCCC2(C)C. The average Bonchev–Trinajstić information content (AvgIpc) is 2.61. The normalized spacial score (nSPS) is 17.6. The number of hydrogen-bond acceptors (Lipinski definition) is 4. The van der Waals surface area contributed by atoms with Crippen molar-refractivity contribution in [1.29, 1.82) is 0 Å². The van der Waals surface area contributed by atoms with Gasteiger partial charge in [0, 0.05) is 10.3 Å². The van der Waals surface area contributed by atoms with Crippen LogP contribution in [0.1, 0.15) is 49.2 Å². The van der Waals surface area contributed by atoms with Crippen LogP contribution >= 0.6 is 11.3 Å². The molecule has 0 saturated carbocycles. The molecule has 1 aromatic rings. The van der Waals surface area contributed by atoms with Crippen molar-refractivity contribution in [2.24, 2.45) is 0 Å². The van der Waals surface area contributed by atoms with Crippen molar-refractivity contribution in [2.45, 2.75) is 51.9 Å². The van der Waals surface area contributed by atoms with E-state index in [1.54, 1.807) is 11.3 Å². The quantitative estimate of drug-likeness (QED) is 0.778. The van der Waals surface area contributed by atoms with Crippen molar-refractivity contribution in [3.63, 3.8) is 0 Å². The van der Waals surface area contributed by atoms with E-state index >= 15 is 0 Å². The van der Waals surface area contributed by atoms with E-state index in [9.17, 15) is 4.79 Å². The van der Waals surface area contributed by atoms with Gasteiger partial charge in [0.2, 0.25) is 0 Å². The molecule has 17 heavy (non-hydrogen) atoms. The first kappa shape index (κ1) is 12.6. The molecular formula is C13H19NO2S. The van der Waals surface area contributed by atoms with Crippen LogP contribution in [0.25, 0.3) is 0 Å². The van der Waals surface area contributed by atoms with Gasteiger partial charge < -0.3 is 4.74 Å². The maximum Gasteiger partial charge on any atom is 0.312 e. The van der Waals surface area contributed by atoms with Gasteiger partial charge in [0.05, 0.1) is 18.7 Å². The zero-order valence-electron chi connectivity index (χ0n) is 10.7. The average molecular weight is 253 g/mol. The highest BCUT2D eigenvalue weighted by molar-refractivity contribution is 7.11. The monoisotopic (exact) mass is 253 g/mol.